The predicted molar refractivity (Wildman–Crippen MR) is 118 cm³/mol. The zero-order chi connectivity index (χ0) is 21.5. The molecule has 158 valence electrons. The lowest BCUT2D eigenvalue weighted by Gasteiger charge is -2.34. The van der Waals surface area contributed by atoms with Gasteiger partial charge in [-0.2, -0.15) is 0 Å². The van der Waals surface area contributed by atoms with Gasteiger partial charge in [-0.3, -0.25) is 19.3 Å². The van der Waals surface area contributed by atoms with E-state index in [1.54, 1.807) is 48.2 Å². The SMILES string of the molecule is CCC(=O)Nc1cccc(C(=O)N2CCN(CC(=O)Nc3ccccc3Cl)CC2)c1. The van der Waals surface area contributed by atoms with Crippen LogP contribution in [0.2, 0.25) is 5.02 Å². The van der Waals surface area contributed by atoms with Crippen molar-refractivity contribution < 1.29 is 14.4 Å². The van der Waals surface area contributed by atoms with E-state index in [0.29, 0.717) is 54.6 Å². The molecule has 0 aromatic heterocycles. The Bertz CT molecular complexity index is 926. The van der Waals surface area contributed by atoms with Crippen molar-refractivity contribution in [2.45, 2.75) is 13.3 Å². The van der Waals surface area contributed by atoms with Crippen LogP contribution < -0.4 is 10.6 Å². The molecule has 0 aliphatic carbocycles. The quantitative estimate of drug-likeness (QED) is 0.740. The molecular formula is C22H25ClN4O3. The summed E-state index contributed by atoms with van der Waals surface area (Å²) in [6.07, 6.45) is 0.379. The number of anilines is 2. The molecule has 0 radical (unpaired) electrons. The molecule has 0 unspecified atom stereocenters. The largest absolute Gasteiger partial charge is 0.336 e. The third-order valence-corrected chi connectivity index (χ3v) is 5.22. The van der Waals surface area contributed by atoms with Crippen LogP contribution in [0.15, 0.2) is 48.5 Å². The number of rotatable bonds is 6. The van der Waals surface area contributed by atoms with Crippen LogP contribution >= 0.6 is 11.6 Å². The number of amides is 3. The minimum Gasteiger partial charge on any atom is -0.336 e. The lowest BCUT2D eigenvalue weighted by atomic mass is 10.1. The Hall–Kier alpha value is -2.90. The number of hydrogen-bond donors (Lipinski definition) is 2. The molecule has 0 bridgehead atoms. The minimum atomic E-state index is -0.137. The highest BCUT2D eigenvalue weighted by Gasteiger charge is 2.23. The van der Waals surface area contributed by atoms with Crippen molar-refractivity contribution >= 4 is 40.7 Å². The number of carbonyl (C=O) groups excluding carboxylic acids is 3. The molecule has 0 saturated carbocycles. The minimum absolute atomic E-state index is 0.0808. The van der Waals surface area contributed by atoms with Gasteiger partial charge in [-0.25, -0.2) is 0 Å². The van der Waals surface area contributed by atoms with Gasteiger partial charge in [-0.15, -0.1) is 0 Å². The van der Waals surface area contributed by atoms with Crippen LogP contribution in [0.25, 0.3) is 0 Å². The maximum absolute atomic E-state index is 12.8. The monoisotopic (exact) mass is 428 g/mol. The average Bonchev–Trinajstić information content (AvgIpc) is 2.75. The van der Waals surface area contributed by atoms with Gasteiger partial charge in [0.1, 0.15) is 0 Å². The molecule has 8 heteroatoms. The van der Waals surface area contributed by atoms with E-state index in [1.165, 1.54) is 0 Å². The van der Waals surface area contributed by atoms with Gasteiger partial charge in [0.2, 0.25) is 11.8 Å². The Morgan fingerprint density at radius 1 is 0.933 bits per heavy atom. The second kappa shape index (κ2) is 10.2. The summed E-state index contributed by atoms with van der Waals surface area (Å²) in [5.74, 6) is -0.312. The van der Waals surface area contributed by atoms with Gasteiger partial charge in [-0.1, -0.05) is 36.7 Å². The van der Waals surface area contributed by atoms with E-state index < -0.39 is 0 Å². The Kier molecular flexibility index (Phi) is 7.43. The standard InChI is InChI=1S/C22H25ClN4O3/c1-2-20(28)24-17-7-5-6-16(14-17)22(30)27-12-10-26(11-13-27)15-21(29)25-19-9-4-3-8-18(19)23/h3-9,14H,2,10-13,15H2,1H3,(H,24,28)(H,25,29). The molecule has 3 rings (SSSR count). The molecule has 1 aliphatic heterocycles. The predicted octanol–water partition coefficient (Wildman–Crippen LogP) is 3.09. The fraction of sp³-hybridized carbons (Fsp3) is 0.318. The normalized spacial score (nSPS) is 14.3. The zero-order valence-corrected chi connectivity index (χ0v) is 17.6. The average molecular weight is 429 g/mol. The molecule has 1 aliphatic rings. The van der Waals surface area contributed by atoms with E-state index in [0.717, 1.165) is 0 Å². The van der Waals surface area contributed by atoms with Gasteiger partial charge in [0.05, 0.1) is 17.3 Å². The van der Waals surface area contributed by atoms with Crippen LogP contribution in [0, 0.1) is 0 Å². The number of para-hydroxylation sites is 1. The van der Waals surface area contributed by atoms with Gasteiger partial charge in [0.25, 0.3) is 5.91 Å². The van der Waals surface area contributed by atoms with E-state index in [2.05, 4.69) is 10.6 Å². The summed E-state index contributed by atoms with van der Waals surface area (Å²) in [6, 6.07) is 14.1. The number of piperazine rings is 1. The van der Waals surface area contributed by atoms with Crippen molar-refractivity contribution in [1.29, 1.82) is 0 Å². The topological polar surface area (TPSA) is 81.8 Å². The molecule has 7 nitrogen and oxygen atoms in total. The molecule has 2 aromatic rings. The summed E-state index contributed by atoms with van der Waals surface area (Å²) in [5.41, 5.74) is 1.74. The smallest absolute Gasteiger partial charge is 0.254 e. The van der Waals surface area contributed by atoms with E-state index in [9.17, 15) is 14.4 Å². The van der Waals surface area contributed by atoms with Gasteiger partial charge >= 0.3 is 0 Å². The van der Waals surface area contributed by atoms with Crippen molar-refractivity contribution in [3.8, 4) is 0 Å². The number of hydrogen-bond acceptors (Lipinski definition) is 4. The summed E-state index contributed by atoms with van der Waals surface area (Å²) in [5, 5.41) is 6.09. The molecular weight excluding hydrogens is 404 g/mol. The molecule has 30 heavy (non-hydrogen) atoms. The van der Waals surface area contributed by atoms with Gasteiger partial charge in [0, 0.05) is 43.9 Å². The molecule has 3 amide bonds. The van der Waals surface area contributed by atoms with Gasteiger partial charge in [0.15, 0.2) is 0 Å². The molecule has 1 saturated heterocycles. The lowest BCUT2D eigenvalue weighted by Crippen LogP contribution is -2.50. The summed E-state index contributed by atoms with van der Waals surface area (Å²) in [4.78, 5) is 40.5. The van der Waals surface area contributed by atoms with Crippen molar-refractivity contribution in [3.05, 3.63) is 59.1 Å². The first-order valence-corrected chi connectivity index (χ1v) is 10.3. The number of benzene rings is 2. The van der Waals surface area contributed by atoms with Crippen molar-refractivity contribution in [1.82, 2.24) is 9.80 Å². The van der Waals surface area contributed by atoms with Crippen LogP contribution in [-0.4, -0.2) is 60.2 Å². The Balaban J connectivity index is 1.51. The van der Waals surface area contributed by atoms with Crippen LogP contribution in [0.5, 0.6) is 0 Å². The molecule has 0 spiro atoms. The fourth-order valence-corrected chi connectivity index (χ4v) is 3.41. The van der Waals surface area contributed by atoms with Crippen LogP contribution in [0.1, 0.15) is 23.7 Å². The van der Waals surface area contributed by atoms with E-state index in [-0.39, 0.29) is 24.3 Å². The first-order valence-electron chi connectivity index (χ1n) is 9.92. The highest BCUT2D eigenvalue weighted by atomic mass is 35.5. The molecule has 2 N–H and O–H groups in total. The first kappa shape index (κ1) is 21.8. The van der Waals surface area contributed by atoms with Crippen molar-refractivity contribution in [3.63, 3.8) is 0 Å². The highest BCUT2D eigenvalue weighted by Crippen LogP contribution is 2.20. The van der Waals surface area contributed by atoms with Crippen molar-refractivity contribution in [2.75, 3.05) is 43.4 Å². The first-order chi connectivity index (χ1) is 14.5. The second-order valence-electron chi connectivity index (χ2n) is 7.08. The van der Waals surface area contributed by atoms with Crippen LogP contribution in [-0.2, 0) is 9.59 Å². The molecule has 0 atom stereocenters. The number of nitrogens with zero attached hydrogens (tertiary/aromatic N) is 2. The van der Waals surface area contributed by atoms with Gasteiger partial charge in [-0.05, 0) is 30.3 Å². The summed E-state index contributed by atoms with van der Waals surface area (Å²) < 4.78 is 0. The Morgan fingerprint density at radius 2 is 1.67 bits per heavy atom. The van der Waals surface area contributed by atoms with Crippen LogP contribution in [0.3, 0.4) is 0 Å². The van der Waals surface area contributed by atoms with E-state index in [1.807, 2.05) is 17.0 Å². The third kappa shape index (κ3) is 5.81. The summed E-state index contributed by atoms with van der Waals surface area (Å²) in [6.45, 7) is 4.29. The third-order valence-electron chi connectivity index (χ3n) is 4.89. The summed E-state index contributed by atoms with van der Waals surface area (Å²) in [7, 11) is 0. The highest BCUT2D eigenvalue weighted by molar-refractivity contribution is 6.33. The second-order valence-corrected chi connectivity index (χ2v) is 7.49. The van der Waals surface area contributed by atoms with E-state index in [4.69, 9.17) is 11.6 Å². The van der Waals surface area contributed by atoms with E-state index >= 15 is 0 Å². The summed E-state index contributed by atoms with van der Waals surface area (Å²) >= 11 is 6.07. The van der Waals surface area contributed by atoms with Gasteiger partial charge < -0.3 is 15.5 Å². The number of halogens is 1. The van der Waals surface area contributed by atoms with Crippen molar-refractivity contribution in [2.24, 2.45) is 0 Å². The lowest BCUT2D eigenvalue weighted by molar-refractivity contribution is -0.118. The van der Waals surface area contributed by atoms with Crippen LogP contribution in [0.4, 0.5) is 11.4 Å². The Labute approximate surface area is 181 Å². The maximum atomic E-state index is 12.8. The zero-order valence-electron chi connectivity index (χ0n) is 16.9. The molecule has 1 heterocycles. The fourth-order valence-electron chi connectivity index (χ4n) is 3.23. The number of nitrogens with one attached hydrogen (secondary N) is 2. The number of carbonyl (C=O) groups is 3. The Morgan fingerprint density at radius 3 is 2.37 bits per heavy atom. The molecule has 2 aromatic carbocycles. The maximum Gasteiger partial charge on any atom is 0.254 e. The molecule has 1 fully saturated rings.